The number of H-pyrrole nitrogens is 1. The topological polar surface area (TPSA) is 90.4 Å². The molecule has 0 bridgehead atoms. The van der Waals surface area contributed by atoms with Crippen molar-refractivity contribution in [3.05, 3.63) is 51.3 Å². The average Bonchev–Trinajstić information content (AvgIpc) is 2.42. The standard InChI is InChI=1S/C16H15NO4.ClH/c18-14-11-8-4-2-6-9-5-1-3-7-10(9)13(11)17-15(19)12(14)16(20)21;/h1,3,5,7H,2,4,6,8H2,(H,20,21)(H2,17,18,19);1H. The molecule has 0 amide bonds. The van der Waals surface area contributed by atoms with Gasteiger partial charge in [-0.15, -0.1) is 12.4 Å². The van der Waals surface area contributed by atoms with Crippen molar-refractivity contribution in [1.29, 1.82) is 0 Å². The summed E-state index contributed by atoms with van der Waals surface area (Å²) in [6, 6.07) is 7.68. The zero-order chi connectivity index (χ0) is 15.0. The van der Waals surface area contributed by atoms with Gasteiger partial charge in [-0.2, -0.15) is 0 Å². The molecule has 1 aromatic heterocycles. The molecule has 5 nitrogen and oxygen atoms in total. The Labute approximate surface area is 133 Å². The van der Waals surface area contributed by atoms with Crippen LogP contribution in [0.25, 0.3) is 11.3 Å². The first kappa shape index (κ1) is 16.1. The van der Waals surface area contributed by atoms with Crippen molar-refractivity contribution in [1.82, 2.24) is 4.98 Å². The van der Waals surface area contributed by atoms with E-state index in [0.717, 1.165) is 30.4 Å². The van der Waals surface area contributed by atoms with E-state index >= 15 is 0 Å². The van der Waals surface area contributed by atoms with Crippen LogP contribution in [0.1, 0.15) is 34.3 Å². The van der Waals surface area contributed by atoms with E-state index in [1.165, 1.54) is 0 Å². The van der Waals surface area contributed by atoms with Crippen molar-refractivity contribution in [3.63, 3.8) is 0 Å². The second kappa shape index (κ2) is 6.23. The summed E-state index contributed by atoms with van der Waals surface area (Å²) in [6.45, 7) is 0. The molecule has 22 heavy (non-hydrogen) atoms. The highest BCUT2D eigenvalue weighted by molar-refractivity contribution is 5.92. The molecule has 1 aliphatic rings. The van der Waals surface area contributed by atoms with Crippen molar-refractivity contribution in [3.8, 4) is 17.0 Å². The molecule has 0 saturated carbocycles. The summed E-state index contributed by atoms with van der Waals surface area (Å²) in [7, 11) is 0. The monoisotopic (exact) mass is 321 g/mol. The predicted octanol–water partition coefficient (Wildman–Crippen LogP) is 2.75. The third-order valence-electron chi connectivity index (χ3n) is 3.91. The summed E-state index contributed by atoms with van der Waals surface area (Å²) in [4.78, 5) is 25.8. The number of rotatable bonds is 1. The van der Waals surface area contributed by atoms with Crippen molar-refractivity contribution in [2.24, 2.45) is 0 Å². The summed E-state index contributed by atoms with van der Waals surface area (Å²) >= 11 is 0. The number of carbonyl (C=O) groups is 1. The fraction of sp³-hybridized carbons (Fsp3) is 0.250. The number of hydrogen-bond acceptors (Lipinski definition) is 3. The van der Waals surface area contributed by atoms with Crippen molar-refractivity contribution >= 4 is 18.4 Å². The number of hydrogen-bond donors (Lipinski definition) is 3. The molecule has 1 aromatic carbocycles. The lowest BCUT2D eigenvalue weighted by molar-refractivity contribution is 0.0691. The second-order valence-electron chi connectivity index (χ2n) is 5.20. The Kier molecular flexibility index (Phi) is 4.56. The molecule has 3 N–H and O–H groups in total. The highest BCUT2D eigenvalue weighted by Gasteiger charge is 2.24. The normalized spacial score (nSPS) is 13.1. The quantitative estimate of drug-likeness (QED) is 0.753. The minimum absolute atomic E-state index is 0. The molecule has 6 heteroatoms. The number of nitrogens with one attached hydrogen (secondary N) is 1. The van der Waals surface area contributed by atoms with Gasteiger partial charge in [-0.25, -0.2) is 4.79 Å². The van der Waals surface area contributed by atoms with E-state index in [-0.39, 0.29) is 12.4 Å². The van der Waals surface area contributed by atoms with Crippen LogP contribution in [0, 0.1) is 0 Å². The van der Waals surface area contributed by atoms with E-state index in [1.807, 2.05) is 24.3 Å². The Balaban J connectivity index is 0.00000176. The van der Waals surface area contributed by atoms with Crippen LogP contribution in [-0.4, -0.2) is 21.2 Å². The van der Waals surface area contributed by atoms with Crippen LogP contribution in [-0.2, 0) is 12.8 Å². The number of carboxylic acids is 1. The zero-order valence-corrected chi connectivity index (χ0v) is 12.6. The molecule has 116 valence electrons. The molecule has 0 fully saturated rings. The molecule has 0 spiro atoms. The molecular weight excluding hydrogens is 306 g/mol. The summed E-state index contributed by atoms with van der Waals surface area (Å²) in [5.41, 5.74) is 1.66. The van der Waals surface area contributed by atoms with Crippen LogP contribution in [0.3, 0.4) is 0 Å². The SMILES string of the molecule is Cl.O=C(O)c1c(O)c2c([nH]c1=O)-c1ccccc1CCCC2. The molecule has 1 heterocycles. The van der Waals surface area contributed by atoms with Gasteiger partial charge in [0, 0.05) is 11.1 Å². The third kappa shape index (κ3) is 2.60. The van der Waals surface area contributed by atoms with Crippen LogP contribution in [0.2, 0.25) is 0 Å². The summed E-state index contributed by atoms with van der Waals surface area (Å²) in [5.74, 6) is -1.81. The van der Waals surface area contributed by atoms with Crippen LogP contribution in [0.5, 0.6) is 5.75 Å². The van der Waals surface area contributed by atoms with Gasteiger partial charge in [-0.3, -0.25) is 4.79 Å². The molecule has 0 radical (unpaired) electrons. The fourth-order valence-corrected chi connectivity index (χ4v) is 2.90. The van der Waals surface area contributed by atoms with Crippen LogP contribution < -0.4 is 5.56 Å². The third-order valence-corrected chi connectivity index (χ3v) is 3.91. The minimum Gasteiger partial charge on any atom is -0.506 e. The van der Waals surface area contributed by atoms with Gasteiger partial charge in [0.1, 0.15) is 5.75 Å². The predicted molar refractivity (Wildman–Crippen MR) is 85.0 cm³/mol. The lowest BCUT2D eigenvalue weighted by atomic mass is 9.90. The highest BCUT2D eigenvalue weighted by atomic mass is 35.5. The lowest BCUT2D eigenvalue weighted by Gasteiger charge is -2.18. The van der Waals surface area contributed by atoms with Gasteiger partial charge < -0.3 is 15.2 Å². The maximum atomic E-state index is 12.0. The van der Waals surface area contributed by atoms with Crippen molar-refractivity contribution in [2.75, 3.05) is 0 Å². The minimum atomic E-state index is -1.41. The van der Waals surface area contributed by atoms with Gasteiger partial charge >= 0.3 is 5.97 Å². The van der Waals surface area contributed by atoms with E-state index in [9.17, 15) is 14.7 Å². The van der Waals surface area contributed by atoms with Crippen molar-refractivity contribution in [2.45, 2.75) is 25.7 Å². The maximum absolute atomic E-state index is 12.0. The summed E-state index contributed by atoms with van der Waals surface area (Å²) < 4.78 is 0. The van der Waals surface area contributed by atoms with E-state index in [1.54, 1.807) is 0 Å². The smallest absolute Gasteiger partial charge is 0.345 e. The molecule has 3 rings (SSSR count). The van der Waals surface area contributed by atoms with E-state index in [4.69, 9.17) is 5.11 Å². The van der Waals surface area contributed by atoms with E-state index in [0.29, 0.717) is 17.7 Å². The molecular formula is C16H16ClNO4. The number of aromatic carboxylic acids is 1. The number of fused-ring (bicyclic) bond motifs is 3. The second-order valence-corrected chi connectivity index (χ2v) is 5.20. The summed E-state index contributed by atoms with van der Waals surface area (Å²) in [5, 5.41) is 19.3. The van der Waals surface area contributed by atoms with Gasteiger partial charge in [0.05, 0.1) is 5.69 Å². The van der Waals surface area contributed by atoms with E-state index in [2.05, 4.69) is 4.98 Å². The Morgan fingerprint density at radius 3 is 2.55 bits per heavy atom. The first-order valence-corrected chi connectivity index (χ1v) is 6.89. The molecule has 1 aliphatic carbocycles. The number of pyridine rings is 1. The molecule has 0 aliphatic heterocycles. The lowest BCUT2D eigenvalue weighted by Crippen LogP contribution is -2.20. The number of aromatic hydroxyl groups is 1. The Hall–Kier alpha value is -2.27. The number of carboxylic acid groups (broad SMARTS) is 1. The van der Waals surface area contributed by atoms with Gasteiger partial charge in [-0.1, -0.05) is 24.3 Å². The number of aromatic amines is 1. The molecule has 0 atom stereocenters. The maximum Gasteiger partial charge on any atom is 0.345 e. The van der Waals surface area contributed by atoms with Crippen LogP contribution >= 0.6 is 12.4 Å². The number of aryl methyl sites for hydroxylation is 1. The molecule has 0 saturated heterocycles. The Morgan fingerprint density at radius 1 is 1.14 bits per heavy atom. The molecule has 0 unspecified atom stereocenters. The highest BCUT2D eigenvalue weighted by Crippen LogP contribution is 2.34. The van der Waals surface area contributed by atoms with Crippen molar-refractivity contribution < 1.29 is 15.0 Å². The number of halogens is 1. The Morgan fingerprint density at radius 2 is 1.82 bits per heavy atom. The Bertz CT molecular complexity index is 782. The van der Waals surface area contributed by atoms with Gasteiger partial charge in [0.15, 0.2) is 5.56 Å². The first-order chi connectivity index (χ1) is 10.1. The van der Waals surface area contributed by atoms with Gasteiger partial charge in [0.2, 0.25) is 0 Å². The van der Waals surface area contributed by atoms with Gasteiger partial charge in [0.25, 0.3) is 5.56 Å². The van der Waals surface area contributed by atoms with Crippen LogP contribution in [0.15, 0.2) is 29.1 Å². The molecule has 2 aromatic rings. The fourth-order valence-electron chi connectivity index (χ4n) is 2.90. The summed E-state index contributed by atoms with van der Waals surface area (Å²) in [6.07, 6.45) is 3.24. The van der Waals surface area contributed by atoms with E-state index < -0.39 is 22.8 Å². The van der Waals surface area contributed by atoms with Gasteiger partial charge in [-0.05, 0) is 31.2 Å². The first-order valence-electron chi connectivity index (χ1n) is 6.89. The average molecular weight is 322 g/mol. The zero-order valence-electron chi connectivity index (χ0n) is 11.8. The number of aromatic nitrogens is 1. The largest absolute Gasteiger partial charge is 0.506 e. The van der Waals surface area contributed by atoms with Crippen LogP contribution in [0.4, 0.5) is 0 Å². The number of benzene rings is 1.